The van der Waals surface area contributed by atoms with Crippen LogP contribution in [0.25, 0.3) is 22.1 Å². The first-order chi connectivity index (χ1) is 29.2. The number of halogens is 1. The molecule has 0 radical (unpaired) electrons. The summed E-state index contributed by atoms with van der Waals surface area (Å²) in [6.07, 6.45) is 4.86. The number of piperazine rings is 1. The molecule has 17 nitrogen and oxygen atoms in total. The van der Waals surface area contributed by atoms with E-state index in [-0.39, 0.29) is 45.5 Å². The Morgan fingerprint density at radius 2 is 1.69 bits per heavy atom. The second-order valence-corrected chi connectivity index (χ2v) is 18.7. The van der Waals surface area contributed by atoms with Crippen LogP contribution in [0.5, 0.6) is 0 Å². The number of hydrogen-bond acceptors (Lipinski definition) is 12. The number of sulfonamides is 1. The maximum atomic E-state index is 13.3. The van der Waals surface area contributed by atoms with Gasteiger partial charge in [0.25, 0.3) is 5.56 Å². The Labute approximate surface area is 358 Å². The summed E-state index contributed by atoms with van der Waals surface area (Å²) in [5.41, 5.74) is 3.69. The molecule has 1 unspecified atom stereocenters. The number of carbonyl (C=O) groups is 2. The van der Waals surface area contributed by atoms with E-state index in [1.807, 2.05) is 39.0 Å². The molecule has 324 valence electrons. The molecule has 0 aliphatic carbocycles. The van der Waals surface area contributed by atoms with Gasteiger partial charge >= 0.3 is 5.69 Å². The first-order valence-corrected chi connectivity index (χ1v) is 22.8. The monoisotopic (exact) mass is 873 g/mol. The number of carbonyl (C=O) groups excluding carboxylic acids is 2. The van der Waals surface area contributed by atoms with Crippen LogP contribution >= 0.6 is 11.6 Å². The van der Waals surface area contributed by atoms with Gasteiger partial charge in [-0.25, -0.2) is 22.9 Å². The van der Waals surface area contributed by atoms with Gasteiger partial charge in [0.2, 0.25) is 27.8 Å². The predicted molar refractivity (Wildman–Crippen MR) is 235 cm³/mol. The third-order valence-electron chi connectivity index (χ3n) is 12.3. The molecular weight excluding hydrogens is 822 g/mol. The lowest BCUT2D eigenvalue weighted by Gasteiger charge is -2.43. The lowest BCUT2D eigenvalue weighted by atomic mass is 10.0. The average Bonchev–Trinajstić information content (AvgIpc) is 3.48. The molecule has 3 aliphatic rings. The van der Waals surface area contributed by atoms with Crippen LogP contribution in [0.15, 0.2) is 63.1 Å². The Hall–Kier alpha value is -5.14. The van der Waals surface area contributed by atoms with E-state index in [4.69, 9.17) is 11.6 Å². The average molecular weight is 874 g/mol. The second-order valence-electron chi connectivity index (χ2n) is 16.5. The van der Waals surface area contributed by atoms with Crippen LogP contribution in [0.2, 0.25) is 5.02 Å². The molecule has 19 heteroatoms. The third-order valence-corrected chi connectivity index (χ3v) is 14.0. The van der Waals surface area contributed by atoms with E-state index < -0.39 is 22.0 Å². The fourth-order valence-corrected chi connectivity index (χ4v) is 10.3. The van der Waals surface area contributed by atoms with Crippen molar-refractivity contribution in [3.8, 4) is 0 Å². The minimum Gasteiger partial charge on any atom is -0.371 e. The number of fused-ring (bicyclic) bond motifs is 2. The highest BCUT2D eigenvalue weighted by atomic mass is 35.5. The number of amides is 2. The number of nitrogens with one attached hydrogen (secondary N) is 3. The molecule has 8 rings (SSSR count). The van der Waals surface area contributed by atoms with E-state index in [9.17, 15) is 27.6 Å². The summed E-state index contributed by atoms with van der Waals surface area (Å²) in [6, 6.07) is 12.0. The van der Waals surface area contributed by atoms with Gasteiger partial charge in [0.1, 0.15) is 16.7 Å². The van der Waals surface area contributed by atoms with Gasteiger partial charge < -0.3 is 15.1 Å². The van der Waals surface area contributed by atoms with E-state index in [1.54, 1.807) is 42.1 Å². The maximum Gasteiger partial charge on any atom is 0.329 e. The largest absolute Gasteiger partial charge is 0.371 e. The molecule has 6 heterocycles. The number of imidazole rings is 1. The minimum absolute atomic E-state index is 0.100. The van der Waals surface area contributed by atoms with E-state index in [0.29, 0.717) is 53.2 Å². The molecule has 3 aromatic heterocycles. The number of aromatic nitrogens is 5. The Kier molecular flexibility index (Phi) is 12.1. The van der Waals surface area contributed by atoms with Gasteiger partial charge in [-0.05, 0) is 101 Å². The number of pyridine rings is 1. The van der Waals surface area contributed by atoms with Crippen molar-refractivity contribution in [2.45, 2.75) is 75.9 Å². The lowest BCUT2D eigenvalue weighted by molar-refractivity contribution is -0.135. The highest BCUT2D eigenvalue weighted by Gasteiger charge is 2.32. The van der Waals surface area contributed by atoms with Gasteiger partial charge in [0, 0.05) is 94.3 Å². The van der Waals surface area contributed by atoms with E-state index in [2.05, 4.69) is 40.0 Å². The molecule has 2 amide bonds. The number of piperidine rings is 2. The lowest BCUT2D eigenvalue weighted by Crippen LogP contribution is -2.53. The number of nitrogens with zero attached hydrogens (tertiary/aromatic N) is 8. The Balaban J connectivity index is 0.786. The number of anilines is 3. The molecule has 3 fully saturated rings. The molecule has 0 spiro atoms. The number of benzene rings is 2. The van der Waals surface area contributed by atoms with Gasteiger partial charge in [-0.1, -0.05) is 11.6 Å². The highest BCUT2D eigenvalue weighted by molar-refractivity contribution is 7.89. The molecule has 3 saturated heterocycles. The van der Waals surface area contributed by atoms with E-state index >= 15 is 0 Å². The topological polar surface area (TPSA) is 189 Å². The second kappa shape index (κ2) is 17.3. The molecule has 5 aromatic rings. The van der Waals surface area contributed by atoms with Crippen LogP contribution in [0.4, 0.5) is 17.3 Å². The van der Waals surface area contributed by atoms with E-state index in [1.165, 1.54) is 9.13 Å². The van der Waals surface area contributed by atoms with Crippen molar-refractivity contribution in [1.82, 2.24) is 43.5 Å². The standard InChI is InChI=1S/C42H52ClN11O6S/c1-26(2)53-38-28(23-32(43)40(53)57)25-44-41(48-38)46-33-8-7-31(22-27(33)3)61(59,60)45-14-5-15-50-18-20-52(21-19-50)29-12-16-51(17-13-29)30-6-9-34-36(24-30)49(4)42(58)54(34)35-10-11-37(55)47-39(35)56/h6-9,22-26,29,35,45H,5,10-21H2,1-4H3,(H,44,46,48)(H,47,55,56). The molecular formula is C42H52ClN11O6S. The predicted octanol–water partition coefficient (Wildman–Crippen LogP) is 3.66. The first kappa shape index (κ1) is 42.5. The fraction of sp³-hybridized carbons (Fsp3) is 0.476. The van der Waals surface area contributed by atoms with Gasteiger partial charge in [0.15, 0.2) is 0 Å². The van der Waals surface area contributed by atoms with Crippen LogP contribution in [0, 0.1) is 6.92 Å². The van der Waals surface area contributed by atoms with Crippen molar-refractivity contribution in [1.29, 1.82) is 0 Å². The summed E-state index contributed by atoms with van der Waals surface area (Å²) in [5.74, 6) is -0.472. The summed E-state index contributed by atoms with van der Waals surface area (Å²) in [4.78, 5) is 66.7. The van der Waals surface area contributed by atoms with Crippen molar-refractivity contribution >= 4 is 72.8 Å². The zero-order valence-electron chi connectivity index (χ0n) is 34.9. The van der Waals surface area contributed by atoms with Crippen LogP contribution in [-0.4, -0.2) is 112 Å². The number of imide groups is 1. The maximum absolute atomic E-state index is 13.3. The van der Waals surface area contributed by atoms with Crippen molar-refractivity contribution in [2.24, 2.45) is 7.05 Å². The molecule has 61 heavy (non-hydrogen) atoms. The normalized spacial score (nSPS) is 18.7. The summed E-state index contributed by atoms with van der Waals surface area (Å²) in [6.45, 7) is 12.3. The van der Waals surface area contributed by atoms with Crippen molar-refractivity contribution < 1.29 is 18.0 Å². The Morgan fingerprint density at radius 1 is 0.934 bits per heavy atom. The molecule has 3 N–H and O–H groups in total. The summed E-state index contributed by atoms with van der Waals surface area (Å²) in [5, 5.41) is 6.26. The molecule has 3 aliphatic heterocycles. The highest BCUT2D eigenvalue weighted by Crippen LogP contribution is 2.30. The van der Waals surface area contributed by atoms with Crippen molar-refractivity contribution in [3.05, 3.63) is 80.1 Å². The fourth-order valence-electron chi connectivity index (χ4n) is 8.90. The first-order valence-electron chi connectivity index (χ1n) is 20.9. The number of hydrogen-bond donors (Lipinski definition) is 3. The van der Waals surface area contributed by atoms with Gasteiger partial charge in [-0.3, -0.25) is 38.3 Å². The Morgan fingerprint density at radius 3 is 2.39 bits per heavy atom. The van der Waals surface area contributed by atoms with E-state index in [0.717, 1.165) is 69.9 Å². The van der Waals surface area contributed by atoms with Gasteiger partial charge in [-0.15, -0.1) is 0 Å². The third kappa shape index (κ3) is 8.68. The Bertz CT molecular complexity index is 2730. The zero-order chi connectivity index (χ0) is 43.2. The summed E-state index contributed by atoms with van der Waals surface area (Å²) >= 11 is 6.15. The SMILES string of the molecule is Cc1cc(S(=O)(=O)NCCCN2CCN(C3CCN(c4ccc5c(c4)n(C)c(=O)n5C4CCC(=O)NC4=O)CC3)CC2)ccc1Nc1ncc2cc(Cl)c(=O)n(C(C)C)c2n1. The zero-order valence-corrected chi connectivity index (χ0v) is 36.4. The van der Waals surface area contributed by atoms with Crippen LogP contribution in [0.1, 0.15) is 63.6 Å². The molecule has 0 saturated carbocycles. The van der Waals surface area contributed by atoms with Crippen LogP contribution < -0.4 is 31.5 Å². The van der Waals surface area contributed by atoms with Gasteiger partial charge in [-0.2, -0.15) is 4.98 Å². The number of aryl methyl sites for hydroxylation is 2. The smallest absolute Gasteiger partial charge is 0.329 e. The quantitative estimate of drug-likeness (QED) is 0.122. The molecule has 0 bridgehead atoms. The van der Waals surface area contributed by atoms with Crippen molar-refractivity contribution in [3.63, 3.8) is 0 Å². The number of rotatable bonds is 12. The minimum atomic E-state index is -3.73. The van der Waals surface area contributed by atoms with Crippen LogP contribution in [0.3, 0.4) is 0 Å². The van der Waals surface area contributed by atoms with Gasteiger partial charge in [0.05, 0.1) is 15.9 Å². The molecule has 2 aromatic carbocycles. The van der Waals surface area contributed by atoms with Crippen LogP contribution in [-0.2, 0) is 26.7 Å². The summed E-state index contributed by atoms with van der Waals surface area (Å²) in [7, 11) is -2.01. The summed E-state index contributed by atoms with van der Waals surface area (Å²) < 4.78 is 33.9. The molecule has 1 atom stereocenters. The van der Waals surface area contributed by atoms with Crippen molar-refractivity contribution in [2.75, 3.05) is 62.6 Å².